The summed E-state index contributed by atoms with van der Waals surface area (Å²) in [6, 6.07) is 15.7. The average Bonchev–Trinajstić information content (AvgIpc) is 3.38. The minimum Gasteiger partial charge on any atom is -0.353 e. The highest BCUT2D eigenvalue weighted by atomic mass is 16.2. The summed E-state index contributed by atoms with van der Waals surface area (Å²) in [7, 11) is 0. The predicted octanol–water partition coefficient (Wildman–Crippen LogP) is 2.89. The van der Waals surface area contributed by atoms with Crippen molar-refractivity contribution < 1.29 is 9.59 Å². The molecule has 2 N–H and O–H groups in total. The van der Waals surface area contributed by atoms with E-state index in [0.717, 1.165) is 35.1 Å². The number of hydrogen-bond donors (Lipinski definition) is 2. The molecule has 0 aliphatic heterocycles. The predicted molar refractivity (Wildman–Crippen MR) is 104 cm³/mol. The van der Waals surface area contributed by atoms with Crippen LogP contribution >= 0.6 is 0 Å². The molecular formula is C21H22N4O2. The van der Waals surface area contributed by atoms with E-state index in [9.17, 15) is 9.59 Å². The number of imidazole rings is 1. The number of rotatable bonds is 7. The lowest BCUT2D eigenvalue weighted by molar-refractivity contribution is -0.120. The van der Waals surface area contributed by atoms with E-state index in [1.54, 1.807) is 6.33 Å². The number of amides is 2. The first kappa shape index (κ1) is 17.3. The number of fused-ring (bicyclic) bond motifs is 1. The van der Waals surface area contributed by atoms with Gasteiger partial charge in [0.15, 0.2) is 0 Å². The van der Waals surface area contributed by atoms with Crippen LogP contribution in [-0.4, -0.2) is 27.4 Å². The molecule has 3 aromatic rings. The second-order valence-corrected chi connectivity index (χ2v) is 6.94. The third-order valence-corrected chi connectivity index (χ3v) is 4.65. The van der Waals surface area contributed by atoms with Gasteiger partial charge >= 0.3 is 0 Å². The molecule has 0 spiro atoms. The molecule has 2 amide bonds. The van der Waals surface area contributed by atoms with Crippen molar-refractivity contribution in [3.05, 3.63) is 60.4 Å². The van der Waals surface area contributed by atoms with Crippen LogP contribution in [0.4, 0.5) is 5.69 Å². The van der Waals surface area contributed by atoms with E-state index in [1.165, 1.54) is 0 Å². The molecule has 1 heterocycles. The summed E-state index contributed by atoms with van der Waals surface area (Å²) in [4.78, 5) is 28.4. The third-order valence-electron chi connectivity index (χ3n) is 4.65. The van der Waals surface area contributed by atoms with Gasteiger partial charge in [-0.3, -0.25) is 9.59 Å². The van der Waals surface area contributed by atoms with Crippen molar-refractivity contribution >= 4 is 28.5 Å². The van der Waals surface area contributed by atoms with E-state index in [0.29, 0.717) is 25.4 Å². The van der Waals surface area contributed by atoms with Crippen molar-refractivity contribution in [3.63, 3.8) is 0 Å². The molecule has 6 heteroatoms. The molecule has 1 aliphatic rings. The van der Waals surface area contributed by atoms with Gasteiger partial charge in [0, 0.05) is 24.7 Å². The molecule has 6 nitrogen and oxygen atoms in total. The van der Waals surface area contributed by atoms with Crippen LogP contribution in [0.25, 0.3) is 11.0 Å². The molecule has 2 aromatic carbocycles. The Kier molecular flexibility index (Phi) is 4.87. The van der Waals surface area contributed by atoms with Crippen molar-refractivity contribution in [1.29, 1.82) is 0 Å². The van der Waals surface area contributed by atoms with Crippen molar-refractivity contribution in [1.82, 2.24) is 14.9 Å². The number of para-hydroxylation sites is 2. The number of carbonyl (C=O) groups is 2. The Bertz CT molecular complexity index is 958. The van der Waals surface area contributed by atoms with Gasteiger partial charge in [0.25, 0.3) is 0 Å². The fourth-order valence-electron chi connectivity index (χ4n) is 3.03. The zero-order chi connectivity index (χ0) is 18.6. The zero-order valence-corrected chi connectivity index (χ0v) is 15.0. The Balaban J connectivity index is 1.28. The van der Waals surface area contributed by atoms with Crippen LogP contribution in [0.15, 0.2) is 54.9 Å². The molecule has 1 saturated carbocycles. The average molecular weight is 362 g/mol. The quantitative estimate of drug-likeness (QED) is 0.679. The molecule has 0 bridgehead atoms. The van der Waals surface area contributed by atoms with Gasteiger partial charge < -0.3 is 15.2 Å². The fourth-order valence-corrected chi connectivity index (χ4v) is 3.03. The number of hydrogen-bond acceptors (Lipinski definition) is 3. The highest BCUT2D eigenvalue weighted by Crippen LogP contribution is 2.19. The van der Waals surface area contributed by atoms with Crippen molar-refractivity contribution in [2.45, 2.75) is 38.3 Å². The number of aryl methyl sites for hydroxylation is 1. The van der Waals surface area contributed by atoms with Crippen LogP contribution in [0.1, 0.15) is 24.8 Å². The minimum absolute atomic E-state index is 0.0491. The third kappa shape index (κ3) is 4.53. The van der Waals surface area contributed by atoms with Gasteiger partial charge in [0.2, 0.25) is 11.8 Å². The monoisotopic (exact) mass is 362 g/mol. The second kappa shape index (κ2) is 7.61. The number of nitrogens with one attached hydrogen (secondary N) is 2. The summed E-state index contributed by atoms with van der Waals surface area (Å²) < 4.78 is 1.98. The molecule has 0 saturated heterocycles. The maximum absolute atomic E-state index is 12.2. The molecule has 0 atom stereocenters. The van der Waals surface area contributed by atoms with E-state index in [1.807, 2.05) is 53.1 Å². The molecule has 0 radical (unpaired) electrons. The standard InChI is InChI=1S/C21H22N4O2/c26-20(11-12-25-14-22-18-3-1-2-4-19(18)25)23-16-7-5-15(6-8-16)13-21(27)24-17-9-10-17/h1-8,14,17H,9-13H2,(H,23,26)(H,24,27). The number of anilines is 1. The SMILES string of the molecule is O=C(CCn1cnc2ccccc21)Nc1ccc(CC(=O)NC2CC2)cc1. The lowest BCUT2D eigenvalue weighted by atomic mass is 10.1. The Labute approximate surface area is 157 Å². The summed E-state index contributed by atoms with van der Waals surface area (Å²) in [5.41, 5.74) is 3.64. The molecular weight excluding hydrogens is 340 g/mol. The Morgan fingerprint density at radius 1 is 1.04 bits per heavy atom. The van der Waals surface area contributed by atoms with Crippen molar-refractivity contribution in [2.24, 2.45) is 0 Å². The Morgan fingerprint density at radius 2 is 1.81 bits per heavy atom. The summed E-state index contributed by atoms with van der Waals surface area (Å²) in [6.07, 6.45) is 4.68. The lowest BCUT2D eigenvalue weighted by Gasteiger charge is -2.08. The molecule has 1 aromatic heterocycles. The summed E-state index contributed by atoms with van der Waals surface area (Å²) in [5.74, 6) is 0.00820. The summed E-state index contributed by atoms with van der Waals surface area (Å²) >= 11 is 0. The van der Waals surface area contributed by atoms with Gasteiger partial charge in [0.1, 0.15) is 0 Å². The molecule has 138 valence electrons. The van der Waals surface area contributed by atoms with Crippen LogP contribution in [0.3, 0.4) is 0 Å². The second-order valence-electron chi connectivity index (χ2n) is 6.94. The highest BCUT2D eigenvalue weighted by Gasteiger charge is 2.23. The first-order valence-corrected chi connectivity index (χ1v) is 9.25. The Morgan fingerprint density at radius 3 is 2.59 bits per heavy atom. The first-order chi connectivity index (χ1) is 13.2. The smallest absolute Gasteiger partial charge is 0.226 e. The van der Waals surface area contributed by atoms with Crippen LogP contribution < -0.4 is 10.6 Å². The molecule has 27 heavy (non-hydrogen) atoms. The lowest BCUT2D eigenvalue weighted by Crippen LogP contribution is -2.26. The van der Waals surface area contributed by atoms with Gasteiger partial charge in [-0.1, -0.05) is 24.3 Å². The first-order valence-electron chi connectivity index (χ1n) is 9.25. The maximum atomic E-state index is 12.2. The number of benzene rings is 2. The Hall–Kier alpha value is -3.15. The number of nitrogens with zero attached hydrogens (tertiary/aromatic N) is 2. The van der Waals surface area contributed by atoms with Crippen LogP contribution in [-0.2, 0) is 22.6 Å². The van der Waals surface area contributed by atoms with Crippen molar-refractivity contribution in [3.8, 4) is 0 Å². The van der Waals surface area contributed by atoms with Gasteiger partial charge in [-0.15, -0.1) is 0 Å². The van der Waals surface area contributed by atoms with E-state index in [-0.39, 0.29) is 11.8 Å². The minimum atomic E-state index is -0.0491. The summed E-state index contributed by atoms with van der Waals surface area (Å²) in [5, 5.41) is 5.88. The molecule has 1 fully saturated rings. The van der Waals surface area contributed by atoms with E-state index in [2.05, 4.69) is 15.6 Å². The van der Waals surface area contributed by atoms with Crippen LogP contribution in [0.5, 0.6) is 0 Å². The van der Waals surface area contributed by atoms with E-state index < -0.39 is 0 Å². The van der Waals surface area contributed by atoms with E-state index >= 15 is 0 Å². The highest BCUT2D eigenvalue weighted by molar-refractivity contribution is 5.90. The zero-order valence-electron chi connectivity index (χ0n) is 15.0. The molecule has 0 unspecified atom stereocenters. The summed E-state index contributed by atoms with van der Waals surface area (Å²) in [6.45, 7) is 0.575. The normalized spacial score (nSPS) is 13.5. The molecule has 1 aliphatic carbocycles. The van der Waals surface area contributed by atoms with Crippen molar-refractivity contribution in [2.75, 3.05) is 5.32 Å². The molecule has 4 rings (SSSR count). The van der Waals surface area contributed by atoms with Gasteiger partial charge in [-0.05, 0) is 42.7 Å². The number of aromatic nitrogens is 2. The van der Waals surface area contributed by atoms with Crippen LogP contribution in [0.2, 0.25) is 0 Å². The van der Waals surface area contributed by atoms with Crippen LogP contribution in [0, 0.1) is 0 Å². The fraction of sp³-hybridized carbons (Fsp3) is 0.286. The number of carbonyl (C=O) groups excluding carboxylic acids is 2. The maximum Gasteiger partial charge on any atom is 0.226 e. The topological polar surface area (TPSA) is 76.0 Å². The van der Waals surface area contributed by atoms with Gasteiger partial charge in [0.05, 0.1) is 23.8 Å². The van der Waals surface area contributed by atoms with Gasteiger partial charge in [-0.2, -0.15) is 0 Å². The van der Waals surface area contributed by atoms with Gasteiger partial charge in [-0.25, -0.2) is 4.98 Å². The largest absolute Gasteiger partial charge is 0.353 e. The van der Waals surface area contributed by atoms with E-state index in [4.69, 9.17) is 0 Å².